The minimum atomic E-state index is -1.55. The molecule has 1 fully saturated rings. The van der Waals surface area contributed by atoms with Gasteiger partial charge < -0.3 is 24.8 Å². The molecule has 3 rings (SSSR count). The van der Waals surface area contributed by atoms with E-state index in [4.69, 9.17) is 9.47 Å². The van der Waals surface area contributed by atoms with E-state index in [0.717, 1.165) is 0 Å². The molecule has 0 aromatic heterocycles. The van der Waals surface area contributed by atoms with E-state index >= 15 is 0 Å². The van der Waals surface area contributed by atoms with Gasteiger partial charge in [0.1, 0.15) is 18.3 Å². The molecule has 0 aliphatic heterocycles. The Labute approximate surface area is 188 Å². The summed E-state index contributed by atoms with van der Waals surface area (Å²) < 4.78 is 10.9. The standard InChI is InChI=1S/C24H34O8/c1-11-18(31-12(2)25)8-15-17(28)7-14-10-24(6,19(9-16(14)27)32-13(3)26)22(30)21(29)20(11)23(15,4)5/h7,15-19,21,27-29H,8-10H2,1-6H3/b14-7+/t15-,16+,17+,18+,19+,21-,24+/m1/s1. The fourth-order valence-corrected chi connectivity index (χ4v) is 5.90. The van der Waals surface area contributed by atoms with Gasteiger partial charge in [0.2, 0.25) is 0 Å². The van der Waals surface area contributed by atoms with Crippen LogP contribution in [0.4, 0.5) is 0 Å². The maximum atomic E-state index is 13.8. The smallest absolute Gasteiger partial charge is 0.303 e. The van der Waals surface area contributed by atoms with Crippen LogP contribution < -0.4 is 0 Å². The maximum absolute atomic E-state index is 13.8. The third-order valence-corrected chi connectivity index (χ3v) is 7.64. The average Bonchev–Trinajstić information content (AvgIpc) is 2.65. The SMILES string of the molecule is CC(=O)O[C@H]1C[C@@H]2[C@@H](O)/C=C3\C[C@](C)(C(=O)[C@H](O)C(=C1C)C2(C)C)[C@@H](OC(C)=O)C[C@@H]3O. The van der Waals surface area contributed by atoms with Crippen LogP contribution in [0, 0.1) is 16.7 Å². The van der Waals surface area contributed by atoms with Crippen molar-refractivity contribution in [2.24, 2.45) is 16.7 Å². The largest absolute Gasteiger partial charge is 0.461 e. The third-order valence-electron chi connectivity index (χ3n) is 7.64. The van der Waals surface area contributed by atoms with Crippen molar-refractivity contribution < 1.29 is 39.2 Å². The molecule has 178 valence electrons. The zero-order valence-electron chi connectivity index (χ0n) is 19.5. The van der Waals surface area contributed by atoms with Crippen LogP contribution in [0.5, 0.6) is 0 Å². The second-order valence-corrected chi connectivity index (χ2v) is 10.2. The Balaban J connectivity index is 2.23. The van der Waals surface area contributed by atoms with Gasteiger partial charge in [-0.2, -0.15) is 0 Å². The number of ketones is 1. The van der Waals surface area contributed by atoms with Gasteiger partial charge in [-0.1, -0.05) is 19.9 Å². The average molecular weight is 451 g/mol. The minimum Gasteiger partial charge on any atom is -0.461 e. The number of esters is 2. The molecular weight excluding hydrogens is 416 g/mol. The first-order valence-electron chi connectivity index (χ1n) is 11.0. The lowest BCUT2D eigenvalue weighted by Crippen LogP contribution is -2.56. The Bertz CT molecular complexity index is 884. The van der Waals surface area contributed by atoms with Gasteiger partial charge >= 0.3 is 11.9 Å². The number of hydrogen-bond acceptors (Lipinski definition) is 8. The lowest BCUT2D eigenvalue weighted by molar-refractivity contribution is -0.165. The molecule has 8 nitrogen and oxygen atoms in total. The van der Waals surface area contributed by atoms with Crippen molar-refractivity contribution in [3.63, 3.8) is 0 Å². The highest BCUT2D eigenvalue weighted by atomic mass is 16.5. The molecule has 0 spiro atoms. The van der Waals surface area contributed by atoms with Gasteiger partial charge in [0.05, 0.1) is 17.6 Å². The second kappa shape index (κ2) is 8.39. The van der Waals surface area contributed by atoms with Gasteiger partial charge in [-0.25, -0.2) is 0 Å². The molecule has 0 aromatic rings. The third kappa shape index (κ3) is 4.04. The molecule has 0 heterocycles. The van der Waals surface area contributed by atoms with E-state index in [2.05, 4.69) is 0 Å². The predicted octanol–water partition coefficient (Wildman–Crippen LogP) is 1.60. The normalized spacial score (nSPS) is 40.8. The molecule has 3 aliphatic carbocycles. The number of ether oxygens (including phenoxy) is 2. The Morgan fingerprint density at radius 3 is 2.19 bits per heavy atom. The van der Waals surface area contributed by atoms with E-state index in [-0.39, 0.29) is 12.8 Å². The van der Waals surface area contributed by atoms with Gasteiger partial charge in [-0.3, -0.25) is 14.4 Å². The van der Waals surface area contributed by atoms with Crippen LogP contribution >= 0.6 is 0 Å². The molecule has 1 saturated carbocycles. The van der Waals surface area contributed by atoms with Crippen LogP contribution in [0.25, 0.3) is 0 Å². The van der Waals surface area contributed by atoms with Crippen molar-refractivity contribution in [3.05, 3.63) is 22.8 Å². The first kappa shape index (κ1) is 24.6. The molecule has 4 bridgehead atoms. The Morgan fingerprint density at radius 1 is 1.03 bits per heavy atom. The molecule has 3 N–H and O–H groups in total. The van der Waals surface area contributed by atoms with Gasteiger partial charge in [0.15, 0.2) is 5.78 Å². The van der Waals surface area contributed by atoms with Crippen molar-refractivity contribution >= 4 is 17.7 Å². The second-order valence-electron chi connectivity index (χ2n) is 10.2. The summed E-state index contributed by atoms with van der Waals surface area (Å²) in [7, 11) is 0. The summed E-state index contributed by atoms with van der Waals surface area (Å²) >= 11 is 0. The molecular formula is C24H34O8. The Morgan fingerprint density at radius 2 is 1.62 bits per heavy atom. The summed E-state index contributed by atoms with van der Waals surface area (Å²) in [4.78, 5) is 37.2. The molecule has 0 unspecified atom stereocenters. The molecule has 32 heavy (non-hydrogen) atoms. The van der Waals surface area contributed by atoms with Crippen LogP contribution in [-0.2, 0) is 23.9 Å². The summed E-state index contributed by atoms with van der Waals surface area (Å²) in [6.45, 7) is 9.56. The highest BCUT2D eigenvalue weighted by Gasteiger charge is 2.56. The fourth-order valence-electron chi connectivity index (χ4n) is 5.90. The van der Waals surface area contributed by atoms with Crippen LogP contribution in [0.2, 0.25) is 0 Å². The summed E-state index contributed by atoms with van der Waals surface area (Å²) in [5, 5.41) is 33.3. The quantitative estimate of drug-likeness (QED) is 0.427. The lowest BCUT2D eigenvalue weighted by atomic mass is 9.57. The molecule has 0 radical (unpaired) electrons. The van der Waals surface area contributed by atoms with Gasteiger partial charge in [0.25, 0.3) is 0 Å². The van der Waals surface area contributed by atoms with Crippen molar-refractivity contribution in [3.8, 4) is 0 Å². The topological polar surface area (TPSA) is 130 Å². The highest BCUT2D eigenvalue weighted by molar-refractivity contribution is 5.93. The summed E-state index contributed by atoms with van der Waals surface area (Å²) in [6.07, 6.45) is -3.25. The van der Waals surface area contributed by atoms with Gasteiger partial charge in [0, 0.05) is 26.2 Å². The molecule has 3 aliphatic rings. The highest BCUT2D eigenvalue weighted by Crippen LogP contribution is 2.52. The number of aliphatic hydroxyl groups is 3. The monoisotopic (exact) mass is 450 g/mol. The number of carbonyl (C=O) groups excluding carboxylic acids is 3. The number of Topliss-reactive ketones (excluding diaryl/α,β-unsaturated/α-hetero) is 1. The van der Waals surface area contributed by atoms with Crippen molar-refractivity contribution in [2.45, 2.75) is 91.3 Å². The molecule has 8 heteroatoms. The zero-order valence-corrected chi connectivity index (χ0v) is 19.5. The summed E-state index contributed by atoms with van der Waals surface area (Å²) in [6, 6.07) is 0. The van der Waals surface area contributed by atoms with Crippen molar-refractivity contribution in [1.29, 1.82) is 0 Å². The number of carbonyl (C=O) groups is 3. The van der Waals surface area contributed by atoms with Crippen LogP contribution in [0.3, 0.4) is 0 Å². The zero-order chi connectivity index (χ0) is 24.2. The number of hydrogen-bond donors (Lipinski definition) is 3. The number of aliphatic hydroxyl groups excluding tert-OH is 3. The Kier molecular flexibility index (Phi) is 6.45. The number of rotatable bonds is 2. The van der Waals surface area contributed by atoms with E-state index < -0.39 is 65.0 Å². The van der Waals surface area contributed by atoms with E-state index in [1.807, 2.05) is 13.8 Å². The molecule has 7 atom stereocenters. The van der Waals surface area contributed by atoms with Crippen LogP contribution in [-0.4, -0.2) is 63.6 Å². The fraction of sp³-hybridized carbons (Fsp3) is 0.708. The predicted molar refractivity (Wildman–Crippen MR) is 114 cm³/mol. The molecule has 0 amide bonds. The van der Waals surface area contributed by atoms with Gasteiger partial charge in [-0.05, 0) is 48.8 Å². The molecule has 0 aromatic carbocycles. The van der Waals surface area contributed by atoms with Crippen molar-refractivity contribution in [1.82, 2.24) is 0 Å². The van der Waals surface area contributed by atoms with E-state index in [9.17, 15) is 29.7 Å². The summed E-state index contributed by atoms with van der Waals surface area (Å²) in [5.41, 5.74) is -0.646. The van der Waals surface area contributed by atoms with E-state index in [1.54, 1.807) is 19.9 Å². The molecule has 0 saturated heterocycles. The first-order valence-corrected chi connectivity index (χ1v) is 11.0. The summed E-state index contributed by atoms with van der Waals surface area (Å²) in [5.74, 6) is -2.08. The van der Waals surface area contributed by atoms with E-state index in [0.29, 0.717) is 23.1 Å². The van der Waals surface area contributed by atoms with E-state index in [1.165, 1.54) is 13.8 Å². The maximum Gasteiger partial charge on any atom is 0.303 e. The first-order chi connectivity index (χ1) is 14.7. The van der Waals surface area contributed by atoms with Crippen LogP contribution in [0.15, 0.2) is 22.8 Å². The van der Waals surface area contributed by atoms with Crippen LogP contribution in [0.1, 0.15) is 60.8 Å². The van der Waals surface area contributed by atoms with Gasteiger partial charge in [-0.15, -0.1) is 0 Å². The lowest BCUT2D eigenvalue weighted by Gasteiger charge is -2.50. The van der Waals surface area contributed by atoms with Crippen molar-refractivity contribution in [2.75, 3.05) is 0 Å². The number of fused-ring (bicyclic) bond motifs is 4. The minimum absolute atomic E-state index is 0.00471. The Hall–Kier alpha value is -2.03.